The molecule has 23 heavy (non-hydrogen) atoms. The molecule has 0 spiro atoms. The van der Waals surface area contributed by atoms with E-state index >= 15 is 0 Å². The predicted octanol–water partition coefficient (Wildman–Crippen LogP) is 4.26. The summed E-state index contributed by atoms with van der Waals surface area (Å²) in [5, 5.41) is 11.2. The summed E-state index contributed by atoms with van der Waals surface area (Å²) < 4.78 is 0. The molecule has 0 aromatic carbocycles. The second kappa shape index (κ2) is 5.06. The molecule has 4 unspecified atom stereocenters. The van der Waals surface area contributed by atoms with Gasteiger partial charge >= 0.3 is 0 Å². The highest BCUT2D eigenvalue weighted by atomic mass is 16.3. The molecule has 2 heteroatoms. The lowest BCUT2D eigenvalue weighted by molar-refractivity contribution is -0.114. The van der Waals surface area contributed by atoms with Crippen molar-refractivity contribution in [2.24, 2.45) is 17.3 Å². The molecule has 0 heterocycles. The average Bonchev–Trinajstić information content (AvgIpc) is 2.79. The van der Waals surface area contributed by atoms with Gasteiger partial charge in [-0.25, -0.2) is 0 Å². The van der Waals surface area contributed by atoms with Crippen LogP contribution in [0, 0.1) is 17.3 Å². The minimum atomic E-state index is -0.742. The first-order valence-electron chi connectivity index (χ1n) is 9.03. The fourth-order valence-corrected chi connectivity index (χ4v) is 5.99. The van der Waals surface area contributed by atoms with E-state index in [0.29, 0.717) is 24.0 Å². The lowest BCUT2D eigenvalue weighted by Crippen LogP contribution is -2.48. The second-order valence-corrected chi connectivity index (χ2v) is 8.12. The molecule has 0 bridgehead atoms. The van der Waals surface area contributed by atoms with Crippen molar-refractivity contribution in [2.75, 3.05) is 0 Å². The second-order valence-electron chi connectivity index (χ2n) is 8.12. The van der Waals surface area contributed by atoms with E-state index in [1.165, 1.54) is 11.1 Å². The number of rotatable bonds is 1. The predicted molar refractivity (Wildman–Crippen MR) is 90.8 cm³/mol. The smallest absolute Gasteiger partial charge is 0.156 e. The Morgan fingerprint density at radius 2 is 2.09 bits per heavy atom. The summed E-state index contributed by atoms with van der Waals surface area (Å²) in [5.74, 6) is 1.45. The highest BCUT2D eigenvalue weighted by Gasteiger charge is 2.59. The summed E-state index contributed by atoms with van der Waals surface area (Å²) >= 11 is 0. The summed E-state index contributed by atoms with van der Waals surface area (Å²) in [6.45, 7) is 5.96. The lowest BCUT2D eigenvalue weighted by Gasteiger charge is -2.51. The van der Waals surface area contributed by atoms with E-state index in [1.807, 2.05) is 12.2 Å². The maximum Gasteiger partial charge on any atom is 0.156 e. The van der Waals surface area contributed by atoms with Gasteiger partial charge in [-0.3, -0.25) is 4.79 Å². The first-order chi connectivity index (χ1) is 11.0. The van der Waals surface area contributed by atoms with Crippen LogP contribution in [0.2, 0.25) is 0 Å². The molecule has 0 radical (unpaired) electrons. The molecular formula is C21H26O2. The molecule has 4 aliphatic carbocycles. The molecule has 2 saturated carbocycles. The maximum absolute atomic E-state index is 11.7. The van der Waals surface area contributed by atoms with Gasteiger partial charge in [0, 0.05) is 11.8 Å². The van der Waals surface area contributed by atoms with E-state index in [-0.39, 0.29) is 5.41 Å². The monoisotopic (exact) mass is 310 g/mol. The zero-order valence-corrected chi connectivity index (χ0v) is 14.0. The van der Waals surface area contributed by atoms with Gasteiger partial charge < -0.3 is 5.11 Å². The van der Waals surface area contributed by atoms with Crippen molar-refractivity contribution in [3.05, 3.63) is 41.2 Å². The molecule has 2 nitrogen and oxygen atoms in total. The van der Waals surface area contributed by atoms with Crippen LogP contribution in [0.25, 0.3) is 0 Å². The number of ketones is 1. The molecule has 122 valence electrons. The molecule has 0 aromatic rings. The van der Waals surface area contributed by atoms with Crippen LogP contribution in [-0.4, -0.2) is 16.5 Å². The van der Waals surface area contributed by atoms with Gasteiger partial charge in [0.1, 0.15) is 0 Å². The molecular weight excluding hydrogens is 284 g/mol. The fraction of sp³-hybridized carbons (Fsp3) is 0.619. The average molecular weight is 310 g/mol. The molecule has 0 saturated heterocycles. The van der Waals surface area contributed by atoms with E-state index in [2.05, 4.69) is 19.2 Å². The third-order valence-corrected chi connectivity index (χ3v) is 7.29. The van der Waals surface area contributed by atoms with Crippen molar-refractivity contribution in [3.63, 3.8) is 0 Å². The quantitative estimate of drug-likeness (QED) is 0.735. The first kappa shape index (κ1) is 15.2. The molecule has 0 aliphatic heterocycles. The zero-order chi connectivity index (χ0) is 16.2. The maximum atomic E-state index is 11.7. The van der Waals surface area contributed by atoms with Crippen LogP contribution in [0.1, 0.15) is 58.3 Å². The summed E-state index contributed by atoms with van der Waals surface area (Å²) in [6, 6.07) is 0. The van der Waals surface area contributed by atoms with Crippen LogP contribution in [0.15, 0.2) is 41.2 Å². The first-order valence-corrected chi connectivity index (χ1v) is 9.03. The summed E-state index contributed by atoms with van der Waals surface area (Å²) in [6.07, 6.45) is 11.6. The van der Waals surface area contributed by atoms with Crippen LogP contribution in [0.3, 0.4) is 0 Å². The van der Waals surface area contributed by atoms with Crippen molar-refractivity contribution in [1.82, 2.24) is 0 Å². The summed E-state index contributed by atoms with van der Waals surface area (Å²) in [7, 11) is 0. The molecule has 1 N–H and O–H groups in total. The standard InChI is InChI=1S/C21H26O2/c1-3-10-21(23)12-9-19-18-6-4-14-13-15(22)5-7-16(14)17(18)8-11-20(19,21)2/h10,13,18-19,23H,1,4-9,11-12H2,2H3. The van der Waals surface area contributed by atoms with Crippen molar-refractivity contribution in [2.45, 2.75) is 63.9 Å². The lowest BCUT2D eigenvalue weighted by atomic mass is 9.55. The molecule has 2 fully saturated rings. The molecule has 0 aromatic heterocycles. The van der Waals surface area contributed by atoms with Crippen molar-refractivity contribution in [1.29, 1.82) is 0 Å². The minimum absolute atomic E-state index is 0.0574. The van der Waals surface area contributed by atoms with Gasteiger partial charge in [-0.05, 0) is 80.1 Å². The number of hydrogen-bond acceptors (Lipinski definition) is 2. The van der Waals surface area contributed by atoms with Gasteiger partial charge in [0.25, 0.3) is 0 Å². The van der Waals surface area contributed by atoms with Gasteiger partial charge in [-0.1, -0.05) is 19.1 Å². The molecule has 4 rings (SSSR count). The number of carbonyl (C=O) groups excluding carboxylic acids is 1. The normalized spacial score (nSPS) is 42.3. The topological polar surface area (TPSA) is 37.3 Å². The zero-order valence-electron chi connectivity index (χ0n) is 14.0. The van der Waals surface area contributed by atoms with Gasteiger partial charge in [0.15, 0.2) is 5.78 Å². The minimum Gasteiger partial charge on any atom is -0.385 e. The van der Waals surface area contributed by atoms with Gasteiger partial charge in [-0.15, -0.1) is 5.73 Å². The van der Waals surface area contributed by atoms with Gasteiger partial charge in [0.2, 0.25) is 0 Å². The highest BCUT2D eigenvalue weighted by molar-refractivity contribution is 5.93. The van der Waals surface area contributed by atoms with Crippen molar-refractivity contribution < 1.29 is 9.90 Å². The van der Waals surface area contributed by atoms with E-state index in [0.717, 1.165) is 44.9 Å². The van der Waals surface area contributed by atoms with Crippen molar-refractivity contribution in [3.8, 4) is 0 Å². The van der Waals surface area contributed by atoms with E-state index in [4.69, 9.17) is 0 Å². The van der Waals surface area contributed by atoms with Gasteiger partial charge in [-0.2, -0.15) is 0 Å². The summed E-state index contributed by atoms with van der Waals surface area (Å²) in [4.78, 5) is 11.7. The number of carbonyl (C=O) groups is 1. The number of aliphatic hydroxyl groups is 1. The Balaban J connectivity index is 1.74. The molecule has 0 amide bonds. The number of fused-ring (bicyclic) bond motifs is 4. The van der Waals surface area contributed by atoms with Crippen LogP contribution in [0.4, 0.5) is 0 Å². The van der Waals surface area contributed by atoms with Gasteiger partial charge in [0.05, 0.1) is 5.60 Å². The SMILES string of the molecule is C=C=CC1(O)CCC2C3CCC4=CC(=O)CCC4=C3CCC21C. The fourth-order valence-electron chi connectivity index (χ4n) is 5.99. The van der Waals surface area contributed by atoms with E-state index < -0.39 is 5.60 Å². The third kappa shape index (κ3) is 2.01. The Kier molecular flexibility index (Phi) is 3.34. The molecule has 4 atom stereocenters. The Labute approximate surface area is 138 Å². The van der Waals surface area contributed by atoms with Crippen LogP contribution >= 0.6 is 0 Å². The number of hydrogen-bond donors (Lipinski definition) is 1. The Bertz CT molecular complexity index is 676. The Morgan fingerprint density at radius 3 is 2.87 bits per heavy atom. The third-order valence-electron chi connectivity index (χ3n) is 7.29. The van der Waals surface area contributed by atoms with E-state index in [9.17, 15) is 9.90 Å². The largest absolute Gasteiger partial charge is 0.385 e. The van der Waals surface area contributed by atoms with Crippen molar-refractivity contribution >= 4 is 5.78 Å². The van der Waals surface area contributed by atoms with Crippen LogP contribution < -0.4 is 0 Å². The molecule has 4 aliphatic rings. The van der Waals surface area contributed by atoms with Crippen LogP contribution in [0.5, 0.6) is 0 Å². The van der Waals surface area contributed by atoms with Crippen LogP contribution in [-0.2, 0) is 4.79 Å². The summed E-state index contributed by atoms with van der Waals surface area (Å²) in [5.41, 5.74) is 6.48. The van der Waals surface area contributed by atoms with E-state index in [1.54, 1.807) is 5.57 Å². The Morgan fingerprint density at radius 1 is 1.26 bits per heavy atom. The number of allylic oxidation sites excluding steroid dienone is 4. The highest BCUT2D eigenvalue weighted by Crippen LogP contribution is 2.63. The Hall–Kier alpha value is -1.37.